The van der Waals surface area contributed by atoms with Gasteiger partial charge in [0.05, 0.1) is 31.4 Å². The van der Waals surface area contributed by atoms with Crippen molar-refractivity contribution in [2.24, 2.45) is 7.05 Å². The van der Waals surface area contributed by atoms with Gasteiger partial charge >= 0.3 is 24.3 Å². The van der Waals surface area contributed by atoms with E-state index < -0.39 is 24.3 Å². The molecule has 0 spiro atoms. The van der Waals surface area contributed by atoms with Gasteiger partial charge in [-0.05, 0) is 12.1 Å². The maximum absolute atomic E-state index is 11.7. The highest BCUT2D eigenvalue weighted by Crippen LogP contribution is 2.28. The Morgan fingerprint density at radius 1 is 1.13 bits per heavy atom. The van der Waals surface area contributed by atoms with Gasteiger partial charge in [-0.3, -0.25) is 9.69 Å². The predicted molar refractivity (Wildman–Crippen MR) is 116 cm³/mol. The molecular weight excluding hydrogens is 534 g/mol. The first kappa shape index (κ1) is 32.4. The number of furan rings is 1. The number of likely N-dealkylation sites (N-methyl/N-ethyl adjacent to an activating group) is 1. The quantitative estimate of drug-likeness (QED) is 0.511. The summed E-state index contributed by atoms with van der Waals surface area (Å²) in [5.74, 6) is -4.41. The molecule has 11 nitrogen and oxygen atoms in total. The molecule has 2 aromatic heterocycles. The van der Waals surface area contributed by atoms with Crippen molar-refractivity contribution < 1.29 is 60.1 Å². The largest absolute Gasteiger partial charge is 0.490 e. The average molecular weight is 560 g/mol. The number of carbonyl (C=O) groups excluding carboxylic acids is 1. The van der Waals surface area contributed by atoms with Crippen molar-refractivity contribution in [1.82, 2.24) is 19.4 Å². The van der Waals surface area contributed by atoms with Gasteiger partial charge in [0.15, 0.2) is 0 Å². The van der Waals surface area contributed by atoms with Gasteiger partial charge in [-0.1, -0.05) is 0 Å². The number of imidazole rings is 1. The first-order valence-corrected chi connectivity index (χ1v) is 10.6. The smallest absolute Gasteiger partial charge is 0.475 e. The van der Waals surface area contributed by atoms with Crippen LogP contribution in [0, 0.1) is 0 Å². The van der Waals surface area contributed by atoms with E-state index >= 15 is 0 Å². The van der Waals surface area contributed by atoms with Gasteiger partial charge in [0, 0.05) is 45.8 Å². The van der Waals surface area contributed by atoms with E-state index in [4.69, 9.17) is 29.0 Å². The van der Waals surface area contributed by atoms with Crippen molar-refractivity contribution in [3.8, 4) is 0 Å². The van der Waals surface area contributed by atoms with E-state index in [1.54, 1.807) is 25.3 Å². The number of hydrogen-bond donors (Lipinski definition) is 2. The third-order valence-electron chi connectivity index (χ3n) is 4.79. The average Bonchev–Trinajstić information content (AvgIpc) is 3.43. The van der Waals surface area contributed by atoms with Crippen LogP contribution in [0.1, 0.15) is 23.1 Å². The maximum atomic E-state index is 11.7. The molecule has 214 valence electrons. The van der Waals surface area contributed by atoms with Crippen LogP contribution in [0.15, 0.2) is 29.1 Å². The van der Waals surface area contributed by atoms with Crippen LogP contribution in [-0.4, -0.2) is 93.6 Å². The Morgan fingerprint density at radius 3 is 2.13 bits per heavy atom. The summed E-state index contributed by atoms with van der Waals surface area (Å²) < 4.78 is 76.7. The number of carboxylic acid groups (broad SMARTS) is 2. The van der Waals surface area contributed by atoms with Crippen molar-refractivity contribution in [3.05, 3.63) is 41.9 Å². The Bertz CT molecular complexity index is 1030. The second kappa shape index (κ2) is 13.8. The molecule has 1 aliphatic rings. The number of carbonyl (C=O) groups is 3. The number of nitrogens with zero attached hydrogens (tertiary/aromatic N) is 4. The van der Waals surface area contributed by atoms with E-state index in [1.165, 1.54) is 5.69 Å². The molecule has 0 fully saturated rings. The minimum atomic E-state index is -5.08. The van der Waals surface area contributed by atoms with Gasteiger partial charge < -0.3 is 28.8 Å². The molecule has 0 saturated heterocycles. The second-order valence-corrected chi connectivity index (χ2v) is 8.04. The molecule has 3 rings (SSSR count). The Balaban J connectivity index is 0.000000426. The molecular formula is C21H26F6N4O7. The lowest BCUT2D eigenvalue weighted by Gasteiger charge is -2.32. The number of halogens is 6. The van der Waals surface area contributed by atoms with Crippen LogP contribution in [0.2, 0.25) is 0 Å². The van der Waals surface area contributed by atoms with E-state index in [1.807, 2.05) is 25.5 Å². The second-order valence-electron chi connectivity index (χ2n) is 8.04. The number of ether oxygens (including phenoxy) is 1. The van der Waals surface area contributed by atoms with Crippen LogP contribution >= 0.6 is 0 Å². The minimum Gasteiger partial charge on any atom is -0.475 e. The first-order valence-electron chi connectivity index (χ1n) is 10.6. The van der Waals surface area contributed by atoms with Gasteiger partial charge in [-0.2, -0.15) is 26.3 Å². The number of aliphatic carboxylic acids is 2. The first-order chi connectivity index (χ1) is 17.4. The van der Waals surface area contributed by atoms with Crippen LogP contribution in [-0.2, 0) is 39.3 Å². The molecule has 1 amide bonds. The fourth-order valence-corrected chi connectivity index (χ4v) is 3.10. The van der Waals surface area contributed by atoms with E-state index in [2.05, 4.69) is 14.5 Å². The SMILES string of the molecule is CN(C)C(=O)COCC1CN(Cc2ccco2)Cc2ncn(C)c21.O=C(O)C(F)(F)F.O=C(O)C(F)(F)F. The fraction of sp³-hybridized carbons (Fsp3) is 0.524. The van der Waals surface area contributed by atoms with Crippen molar-refractivity contribution >= 4 is 17.8 Å². The monoisotopic (exact) mass is 560 g/mol. The molecule has 3 heterocycles. The molecule has 0 saturated carbocycles. The van der Waals surface area contributed by atoms with Gasteiger partial charge in [0.25, 0.3) is 0 Å². The number of amides is 1. The standard InChI is InChI=1S/C17H24N4O3.2C2HF3O2/c1-19(2)16(22)11-23-10-13-7-21(8-14-5-4-6-24-14)9-15-17(13)20(3)12-18-15;2*3-2(4,5)1(6)7/h4-6,12-13H,7-11H2,1-3H3;2*(H,6,7). The third-order valence-corrected chi connectivity index (χ3v) is 4.79. The lowest BCUT2D eigenvalue weighted by Crippen LogP contribution is -2.36. The van der Waals surface area contributed by atoms with Gasteiger partial charge in [-0.25, -0.2) is 14.6 Å². The molecule has 1 unspecified atom stereocenters. The Morgan fingerprint density at radius 2 is 1.68 bits per heavy atom. The minimum absolute atomic E-state index is 0.0246. The van der Waals surface area contributed by atoms with Crippen molar-refractivity contribution in [2.45, 2.75) is 31.4 Å². The highest BCUT2D eigenvalue weighted by Gasteiger charge is 2.39. The molecule has 0 aromatic carbocycles. The summed E-state index contributed by atoms with van der Waals surface area (Å²) in [5.41, 5.74) is 2.27. The number of aromatic nitrogens is 2. The maximum Gasteiger partial charge on any atom is 0.490 e. The molecule has 38 heavy (non-hydrogen) atoms. The topological polar surface area (TPSA) is 138 Å². The van der Waals surface area contributed by atoms with Crippen LogP contribution in [0.5, 0.6) is 0 Å². The molecule has 0 aliphatic carbocycles. The number of alkyl halides is 6. The van der Waals surface area contributed by atoms with E-state index in [9.17, 15) is 31.1 Å². The Kier molecular flexibility index (Phi) is 11.8. The number of carboxylic acids is 2. The number of hydrogen-bond acceptors (Lipinski definition) is 7. The zero-order valence-corrected chi connectivity index (χ0v) is 20.4. The van der Waals surface area contributed by atoms with Crippen LogP contribution < -0.4 is 0 Å². The van der Waals surface area contributed by atoms with Crippen molar-refractivity contribution in [2.75, 3.05) is 33.9 Å². The number of rotatable bonds is 6. The van der Waals surface area contributed by atoms with Crippen LogP contribution in [0.3, 0.4) is 0 Å². The lowest BCUT2D eigenvalue weighted by molar-refractivity contribution is -0.193. The highest BCUT2D eigenvalue weighted by molar-refractivity contribution is 5.76. The fourth-order valence-electron chi connectivity index (χ4n) is 3.10. The zero-order chi connectivity index (χ0) is 29.3. The molecule has 0 radical (unpaired) electrons. The van der Waals surface area contributed by atoms with Crippen LogP contribution in [0.25, 0.3) is 0 Å². The molecule has 0 bridgehead atoms. The highest BCUT2D eigenvalue weighted by atomic mass is 19.4. The lowest BCUT2D eigenvalue weighted by atomic mass is 9.99. The number of aryl methyl sites for hydroxylation is 1. The Hall–Kier alpha value is -3.60. The van der Waals surface area contributed by atoms with E-state index in [0.717, 1.165) is 31.1 Å². The Labute approximate surface area is 212 Å². The molecule has 1 atom stereocenters. The van der Waals surface area contributed by atoms with Gasteiger partial charge in [0.1, 0.15) is 12.4 Å². The summed E-state index contributed by atoms with van der Waals surface area (Å²) in [7, 11) is 5.47. The van der Waals surface area contributed by atoms with Gasteiger partial charge in [-0.15, -0.1) is 0 Å². The third kappa shape index (κ3) is 10.8. The normalized spacial score (nSPS) is 15.3. The van der Waals surface area contributed by atoms with E-state index in [-0.39, 0.29) is 18.4 Å². The summed E-state index contributed by atoms with van der Waals surface area (Å²) >= 11 is 0. The summed E-state index contributed by atoms with van der Waals surface area (Å²) in [6.07, 6.45) is -6.63. The molecule has 2 N–H and O–H groups in total. The molecule has 2 aromatic rings. The van der Waals surface area contributed by atoms with Gasteiger partial charge in [0.2, 0.25) is 5.91 Å². The molecule has 17 heteroatoms. The van der Waals surface area contributed by atoms with E-state index in [0.29, 0.717) is 6.61 Å². The molecule has 1 aliphatic heterocycles. The summed E-state index contributed by atoms with van der Waals surface area (Å²) in [6.45, 7) is 3.00. The summed E-state index contributed by atoms with van der Waals surface area (Å²) in [6, 6.07) is 3.88. The van der Waals surface area contributed by atoms with Crippen molar-refractivity contribution in [3.63, 3.8) is 0 Å². The van der Waals surface area contributed by atoms with Crippen LogP contribution in [0.4, 0.5) is 26.3 Å². The predicted octanol–water partition coefficient (Wildman–Crippen LogP) is 2.48. The summed E-state index contributed by atoms with van der Waals surface area (Å²) in [4.78, 5) is 37.8. The number of fused-ring (bicyclic) bond motifs is 1. The zero-order valence-electron chi connectivity index (χ0n) is 20.4. The van der Waals surface area contributed by atoms with Crippen molar-refractivity contribution in [1.29, 1.82) is 0 Å². The summed E-state index contributed by atoms with van der Waals surface area (Å²) in [5, 5.41) is 14.2.